The lowest BCUT2D eigenvalue weighted by molar-refractivity contribution is -0.137. The molecule has 0 aromatic carbocycles. The molecule has 0 saturated carbocycles. The molecular weight excluding hydrogens is 208 g/mol. The van der Waals surface area contributed by atoms with Crippen LogP contribution >= 0.6 is 0 Å². The molecule has 5 nitrogen and oxygen atoms in total. The maximum Gasteiger partial charge on any atom is 0.325 e. The second-order valence-electron chi connectivity index (χ2n) is 5.00. The number of nitrogens with zero attached hydrogens (tertiary/aromatic N) is 2. The Hall–Kier alpha value is -1.65. The van der Waals surface area contributed by atoms with E-state index < -0.39 is 5.97 Å². The summed E-state index contributed by atoms with van der Waals surface area (Å²) < 4.78 is 1.41. The van der Waals surface area contributed by atoms with Crippen molar-refractivity contribution in [1.82, 2.24) is 9.78 Å². The molecule has 0 amide bonds. The van der Waals surface area contributed by atoms with Gasteiger partial charge in [-0.05, 0) is 11.8 Å². The fourth-order valence-electron chi connectivity index (χ4n) is 2.14. The Labute approximate surface area is 93.1 Å². The number of carbonyl (C=O) groups is 2. The molecule has 1 aliphatic rings. The Kier molecular flexibility index (Phi) is 2.33. The molecule has 0 aliphatic heterocycles. The van der Waals surface area contributed by atoms with Crippen LogP contribution in [0.2, 0.25) is 0 Å². The topological polar surface area (TPSA) is 72.2 Å². The smallest absolute Gasteiger partial charge is 0.325 e. The summed E-state index contributed by atoms with van der Waals surface area (Å²) in [6, 6.07) is 0. The molecule has 0 radical (unpaired) electrons. The lowest BCUT2D eigenvalue weighted by Gasteiger charge is -2.28. The summed E-state index contributed by atoms with van der Waals surface area (Å²) in [5, 5.41) is 12.7. The van der Waals surface area contributed by atoms with E-state index in [9.17, 15) is 9.59 Å². The summed E-state index contributed by atoms with van der Waals surface area (Å²) in [6.07, 6.45) is 2.68. The lowest BCUT2D eigenvalue weighted by atomic mass is 9.76. The summed E-state index contributed by atoms with van der Waals surface area (Å²) in [7, 11) is 0. The SMILES string of the molecule is CC1(C)CC(=O)c2cnn(CC(=O)O)c2C1. The number of ketones is 1. The number of hydrogen-bond donors (Lipinski definition) is 1. The highest BCUT2D eigenvalue weighted by Crippen LogP contribution is 2.34. The maximum absolute atomic E-state index is 11.8. The number of hydrogen-bond acceptors (Lipinski definition) is 3. The molecule has 5 heteroatoms. The molecule has 0 unspecified atom stereocenters. The summed E-state index contributed by atoms with van der Waals surface area (Å²) >= 11 is 0. The monoisotopic (exact) mass is 222 g/mol. The van der Waals surface area contributed by atoms with E-state index in [2.05, 4.69) is 5.10 Å². The van der Waals surface area contributed by atoms with Crippen LogP contribution in [0, 0.1) is 5.41 Å². The summed E-state index contributed by atoms with van der Waals surface area (Å²) in [5.41, 5.74) is 1.23. The number of aliphatic carboxylic acids is 1. The van der Waals surface area contributed by atoms with Gasteiger partial charge in [-0.1, -0.05) is 13.8 Å². The minimum absolute atomic E-state index is 0.0582. The van der Waals surface area contributed by atoms with Gasteiger partial charge in [0.05, 0.1) is 17.5 Å². The number of carboxylic acid groups (broad SMARTS) is 1. The summed E-state index contributed by atoms with van der Waals surface area (Å²) in [4.78, 5) is 22.4. The molecule has 1 aromatic rings. The van der Waals surface area contributed by atoms with Crippen LogP contribution in [0.4, 0.5) is 0 Å². The molecule has 86 valence electrons. The number of carbonyl (C=O) groups excluding carboxylic acids is 1. The van der Waals surface area contributed by atoms with Crippen LogP contribution in [-0.4, -0.2) is 26.6 Å². The van der Waals surface area contributed by atoms with Gasteiger partial charge in [0.25, 0.3) is 0 Å². The van der Waals surface area contributed by atoms with E-state index in [1.54, 1.807) is 0 Å². The summed E-state index contributed by atoms with van der Waals surface area (Å²) in [5.74, 6) is -0.885. The van der Waals surface area contributed by atoms with Gasteiger partial charge >= 0.3 is 5.97 Å². The van der Waals surface area contributed by atoms with Gasteiger partial charge in [0.1, 0.15) is 6.54 Å². The molecule has 0 bridgehead atoms. The zero-order chi connectivity index (χ0) is 11.9. The molecule has 1 N–H and O–H groups in total. The normalized spacial score (nSPS) is 18.2. The van der Waals surface area contributed by atoms with Crippen LogP contribution in [0.25, 0.3) is 0 Å². The Morgan fingerprint density at radius 3 is 2.88 bits per heavy atom. The van der Waals surface area contributed by atoms with Crippen molar-refractivity contribution in [3.05, 3.63) is 17.5 Å². The second-order valence-corrected chi connectivity index (χ2v) is 5.00. The number of Topliss-reactive ketones (excluding diaryl/α,β-unsaturated/α-hetero) is 1. The standard InChI is InChI=1S/C11H14N2O3/c1-11(2)3-8-7(9(14)4-11)5-12-13(8)6-10(15)16/h5H,3-4,6H2,1-2H3,(H,15,16). The van der Waals surface area contributed by atoms with Crippen molar-refractivity contribution in [1.29, 1.82) is 0 Å². The van der Waals surface area contributed by atoms with Crippen LogP contribution in [0.15, 0.2) is 6.20 Å². The third-order valence-electron chi connectivity index (χ3n) is 2.82. The number of fused-ring (bicyclic) bond motifs is 1. The minimum Gasteiger partial charge on any atom is -0.480 e. The van der Waals surface area contributed by atoms with Crippen LogP contribution < -0.4 is 0 Å². The molecular formula is C11H14N2O3. The van der Waals surface area contributed by atoms with Gasteiger partial charge in [-0.2, -0.15) is 5.10 Å². The highest BCUT2D eigenvalue weighted by molar-refractivity contribution is 5.98. The minimum atomic E-state index is -0.943. The van der Waals surface area contributed by atoms with Crippen LogP contribution in [0.3, 0.4) is 0 Å². The predicted molar refractivity (Wildman–Crippen MR) is 56.3 cm³/mol. The quantitative estimate of drug-likeness (QED) is 0.813. The van der Waals surface area contributed by atoms with Gasteiger partial charge in [0.15, 0.2) is 5.78 Å². The molecule has 16 heavy (non-hydrogen) atoms. The van der Waals surface area contributed by atoms with E-state index in [4.69, 9.17) is 5.11 Å². The molecule has 1 heterocycles. The van der Waals surface area contributed by atoms with Crippen LogP contribution in [0.5, 0.6) is 0 Å². The Morgan fingerprint density at radius 1 is 1.56 bits per heavy atom. The zero-order valence-electron chi connectivity index (χ0n) is 9.36. The molecule has 0 saturated heterocycles. The van der Waals surface area contributed by atoms with Gasteiger partial charge < -0.3 is 5.11 Å². The summed E-state index contributed by atoms with van der Waals surface area (Å²) in [6.45, 7) is 3.83. The van der Waals surface area contributed by atoms with Gasteiger partial charge in [-0.15, -0.1) is 0 Å². The van der Waals surface area contributed by atoms with Crippen molar-refractivity contribution in [3.8, 4) is 0 Å². The first-order chi connectivity index (χ1) is 7.39. The van der Waals surface area contributed by atoms with Crippen molar-refractivity contribution < 1.29 is 14.7 Å². The Bertz CT molecular complexity index is 460. The van der Waals surface area contributed by atoms with E-state index in [1.165, 1.54) is 10.9 Å². The van der Waals surface area contributed by atoms with Crippen molar-refractivity contribution in [2.75, 3.05) is 0 Å². The van der Waals surface area contributed by atoms with E-state index in [0.29, 0.717) is 18.4 Å². The first kappa shape index (κ1) is 10.9. The largest absolute Gasteiger partial charge is 0.480 e. The van der Waals surface area contributed by atoms with Crippen molar-refractivity contribution in [2.24, 2.45) is 5.41 Å². The van der Waals surface area contributed by atoms with Gasteiger partial charge in [0.2, 0.25) is 0 Å². The second kappa shape index (κ2) is 3.43. The Balaban J connectivity index is 2.41. The molecule has 1 aliphatic carbocycles. The predicted octanol–water partition coefficient (Wildman–Crippen LogP) is 1.12. The van der Waals surface area contributed by atoms with E-state index in [0.717, 1.165) is 5.69 Å². The van der Waals surface area contributed by atoms with Crippen molar-refractivity contribution >= 4 is 11.8 Å². The van der Waals surface area contributed by atoms with Gasteiger partial charge in [-0.3, -0.25) is 14.3 Å². The van der Waals surface area contributed by atoms with E-state index in [-0.39, 0.29) is 17.7 Å². The van der Waals surface area contributed by atoms with Crippen molar-refractivity contribution in [3.63, 3.8) is 0 Å². The number of rotatable bonds is 2. The van der Waals surface area contributed by atoms with Gasteiger partial charge in [-0.25, -0.2) is 0 Å². The van der Waals surface area contributed by atoms with E-state index in [1.807, 2.05) is 13.8 Å². The number of aromatic nitrogens is 2. The first-order valence-electron chi connectivity index (χ1n) is 5.19. The average Bonchev–Trinajstić information content (AvgIpc) is 2.45. The molecule has 0 fully saturated rings. The third-order valence-corrected chi connectivity index (χ3v) is 2.82. The molecule has 2 rings (SSSR count). The third kappa shape index (κ3) is 1.85. The van der Waals surface area contributed by atoms with E-state index >= 15 is 0 Å². The van der Waals surface area contributed by atoms with Crippen LogP contribution in [-0.2, 0) is 17.8 Å². The van der Waals surface area contributed by atoms with Gasteiger partial charge in [0, 0.05) is 6.42 Å². The Morgan fingerprint density at radius 2 is 2.25 bits per heavy atom. The average molecular weight is 222 g/mol. The molecule has 0 atom stereocenters. The lowest BCUT2D eigenvalue weighted by Crippen LogP contribution is -2.28. The first-order valence-corrected chi connectivity index (χ1v) is 5.19. The fourth-order valence-corrected chi connectivity index (χ4v) is 2.14. The van der Waals surface area contributed by atoms with Crippen LogP contribution in [0.1, 0.15) is 36.3 Å². The maximum atomic E-state index is 11.8. The highest BCUT2D eigenvalue weighted by atomic mass is 16.4. The van der Waals surface area contributed by atoms with Crippen molar-refractivity contribution in [2.45, 2.75) is 33.2 Å². The molecule has 1 aromatic heterocycles. The zero-order valence-corrected chi connectivity index (χ0v) is 9.36. The highest BCUT2D eigenvalue weighted by Gasteiger charge is 2.33. The molecule has 0 spiro atoms. The fraction of sp³-hybridized carbons (Fsp3) is 0.545. The number of carboxylic acids is 1.